The maximum absolute atomic E-state index is 6.09. The van der Waals surface area contributed by atoms with Crippen LogP contribution in [0.25, 0.3) is 0 Å². The number of hydrogen-bond acceptors (Lipinski definition) is 5. The summed E-state index contributed by atoms with van der Waals surface area (Å²) in [6.07, 6.45) is 1.69. The van der Waals surface area contributed by atoms with Crippen LogP contribution in [0.5, 0.6) is 5.75 Å². The van der Waals surface area contributed by atoms with Gasteiger partial charge in [0.2, 0.25) is 0 Å². The lowest BCUT2D eigenvalue weighted by atomic mass is 10.1. The van der Waals surface area contributed by atoms with Crippen molar-refractivity contribution in [3.8, 4) is 5.75 Å². The molecule has 18 heavy (non-hydrogen) atoms. The number of aromatic nitrogens is 3. The molecule has 0 amide bonds. The minimum atomic E-state index is 0.288. The van der Waals surface area contributed by atoms with Crippen molar-refractivity contribution in [1.29, 1.82) is 0 Å². The molecule has 0 radical (unpaired) electrons. The van der Waals surface area contributed by atoms with Gasteiger partial charge >= 0.3 is 0 Å². The first-order valence-corrected chi connectivity index (χ1v) is 6.69. The Labute approximate surface area is 113 Å². The van der Waals surface area contributed by atoms with E-state index < -0.39 is 0 Å². The van der Waals surface area contributed by atoms with E-state index in [0.29, 0.717) is 11.6 Å². The van der Waals surface area contributed by atoms with Crippen molar-refractivity contribution in [1.82, 2.24) is 15.4 Å². The number of nitrogens with zero attached hydrogens (tertiary/aromatic N) is 2. The smallest absolute Gasteiger partial charge is 0.189 e. The number of rotatable bonds is 3. The van der Waals surface area contributed by atoms with Gasteiger partial charge in [-0.1, -0.05) is 23.4 Å². The van der Waals surface area contributed by atoms with E-state index in [-0.39, 0.29) is 6.79 Å². The highest BCUT2D eigenvalue weighted by atomic mass is 35.5. The summed E-state index contributed by atoms with van der Waals surface area (Å²) in [6.45, 7) is 0.827. The number of H-pyrrole nitrogens is 1. The minimum Gasteiger partial charge on any atom is -0.467 e. The third kappa shape index (κ3) is 2.45. The van der Waals surface area contributed by atoms with Gasteiger partial charge < -0.3 is 9.47 Å². The van der Waals surface area contributed by atoms with E-state index in [2.05, 4.69) is 15.4 Å². The van der Waals surface area contributed by atoms with E-state index in [9.17, 15) is 0 Å². The molecule has 5 nitrogen and oxygen atoms in total. The summed E-state index contributed by atoms with van der Waals surface area (Å²) in [5.74, 6) is 1.61. The van der Waals surface area contributed by atoms with E-state index in [1.807, 2.05) is 12.1 Å². The normalized spacial score (nSPS) is 14.1. The lowest BCUT2D eigenvalue weighted by molar-refractivity contribution is -0.0168. The van der Waals surface area contributed by atoms with Gasteiger partial charge in [-0.25, -0.2) is 0 Å². The van der Waals surface area contributed by atoms with E-state index in [1.54, 1.807) is 18.0 Å². The zero-order valence-corrected chi connectivity index (χ0v) is 10.9. The Kier molecular flexibility index (Phi) is 3.40. The third-order valence-electron chi connectivity index (χ3n) is 2.52. The topological polar surface area (TPSA) is 60.0 Å². The highest BCUT2D eigenvalue weighted by Gasteiger charge is 2.16. The molecule has 2 aromatic rings. The summed E-state index contributed by atoms with van der Waals surface area (Å²) in [6, 6.07) is 3.79. The first kappa shape index (κ1) is 11.8. The van der Waals surface area contributed by atoms with Crippen molar-refractivity contribution in [3.05, 3.63) is 34.5 Å². The summed E-state index contributed by atoms with van der Waals surface area (Å²) in [5.41, 5.74) is 2.04. The zero-order valence-electron chi connectivity index (χ0n) is 9.35. The predicted octanol–water partition coefficient (Wildman–Crippen LogP) is 2.62. The molecule has 0 aliphatic carbocycles. The van der Waals surface area contributed by atoms with E-state index in [0.717, 1.165) is 27.7 Å². The van der Waals surface area contributed by atoms with Crippen LogP contribution in [-0.4, -0.2) is 22.2 Å². The van der Waals surface area contributed by atoms with Crippen LogP contribution in [0.3, 0.4) is 0 Å². The molecule has 1 aromatic carbocycles. The molecule has 3 rings (SSSR count). The molecule has 7 heteroatoms. The summed E-state index contributed by atoms with van der Waals surface area (Å²) < 4.78 is 10.8. The second-order valence-electron chi connectivity index (χ2n) is 3.76. The van der Waals surface area contributed by atoms with Crippen molar-refractivity contribution < 1.29 is 9.47 Å². The molecule has 1 aromatic heterocycles. The number of hydrogen-bond donors (Lipinski definition) is 1. The Morgan fingerprint density at radius 2 is 2.39 bits per heavy atom. The molecule has 0 spiro atoms. The number of aromatic amines is 1. The lowest BCUT2D eigenvalue weighted by Gasteiger charge is -2.20. The molecule has 0 saturated carbocycles. The fraction of sp³-hybridized carbons (Fsp3) is 0.273. The van der Waals surface area contributed by atoms with Crippen LogP contribution in [0, 0.1) is 0 Å². The largest absolute Gasteiger partial charge is 0.467 e. The van der Waals surface area contributed by atoms with E-state index in [1.165, 1.54) is 0 Å². The Bertz CT molecular complexity index is 547. The molecule has 1 N–H and O–H groups in total. The molecule has 0 bridgehead atoms. The molecule has 94 valence electrons. The molecule has 0 saturated heterocycles. The fourth-order valence-electron chi connectivity index (χ4n) is 1.78. The van der Waals surface area contributed by atoms with Crippen LogP contribution in [0.4, 0.5) is 0 Å². The molecule has 0 atom stereocenters. The summed E-state index contributed by atoms with van der Waals surface area (Å²) in [4.78, 5) is 0. The summed E-state index contributed by atoms with van der Waals surface area (Å²) in [7, 11) is 0. The highest BCUT2D eigenvalue weighted by molar-refractivity contribution is 7.98. The summed E-state index contributed by atoms with van der Waals surface area (Å²) in [5, 5.41) is 11.9. The minimum absolute atomic E-state index is 0.288. The van der Waals surface area contributed by atoms with Gasteiger partial charge in [-0.15, -0.1) is 5.10 Å². The molecule has 0 unspecified atom stereocenters. The van der Waals surface area contributed by atoms with Gasteiger partial charge in [0.15, 0.2) is 6.79 Å². The molecular formula is C11H10ClN3O2S. The molecule has 0 fully saturated rings. The van der Waals surface area contributed by atoms with Crippen molar-refractivity contribution >= 4 is 23.4 Å². The number of nitrogens with one attached hydrogen (secondary N) is 1. The summed E-state index contributed by atoms with van der Waals surface area (Å²) >= 11 is 7.67. The van der Waals surface area contributed by atoms with Crippen molar-refractivity contribution in [3.63, 3.8) is 0 Å². The van der Waals surface area contributed by atoms with Crippen molar-refractivity contribution in [2.45, 2.75) is 17.4 Å². The van der Waals surface area contributed by atoms with Gasteiger partial charge in [0.1, 0.15) is 10.8 Å². The molecular weight excluding hydrogens is 274 g/mol. The van der Waals surface area contributed by atoms with Crippen LogP contribution in [0.15, 0.2) is 23.4 Å². The Morgan fingerprint density at radius 1 is 1.44 bits per heavy atom. The van der Waals surface area contributed by atoms with Crippen LogP contribution >= 0.6 is 23.4 Å². The first-order valence-electron chi connectivity index (χ1n) is 5.33. The number of benzene rings is 1. The standard InChI is InChI=1S/C11H10ClN3O2S/c12-9-1-7-4-16-6-17-11(7)8(2-9)5-18-10-3-13-15-14-10/h1-3H,4-6H2,(H,13,14,15). The van der Waals surface area contributed by atoms with Crippen LogP contribution in [-0.2, 0) is 17.1 Å². The van der Waals surface area contributed by atoms with Gasteiger partial charge in [0, 0.05) is 21.9 Å². The molecule has 1 aliphatic heterocycles. The van der Waals surface area contributed by atoms with Crippen molar-refractivity contribution in [2.24, 2.45) is 0 Å². The maximum atomic E-state index is 6.09. The van der Waals surface area contributed by atoms with Crippen LogP contribution in [0.1, 0.15) is 11.1 Å². The second kappa shape index (κ2) is 5.17. The average molecular weight is 284 g/mol. The van der Waals surface area contributed by atoms with Gasteiger partial charge in [-0.2, -0.15) is 10.3 Å². The van der Waals surface area contributed by atoms with Gasteiger partial charge in [0.05, 0.1) is 12.8 Å². The Balaban J connectivity index is 1.84. The maximum Gasteiger partial charge on any atom is 0.189 e. The van der Waals surface area contributed by atoms with Gasteiger partial charge in [-0.05, 0) is 12.1 Å². The predicted molar refractivity (Wildman–Crippen MR) is 67.7 cm³/mol. The fourth-order valence-corrected chi connectivity index (χ4v) is 2.79. The first-order chi connectivity index (χ1) is 8.83. The van der Waals surface area contributed by atoms with E-state index >= 15 is 0 Å². The number of fused-ring (bicyclic) bond motifs is 1. The third-order valence-corrected chi connectivity index (χ3v) is 3.69. The van der Waals surface area contributed by atoms with Gasteiger partial charge in [0.25, 0.3) is 0 Å². The molecule has 2 heterocycles. The van der Waals surface area contributed by atoms with Crippen LogP contribution < -0.4 is 4.74 Å². The second-order valence-corrected chi connectivity index (χ2v) is 5.19. The van der Waals surface area contributed by atoms with E-state index in [4.69, 9.17) is 21.1 Å². The lowest BCUT2D eigenvalue weighted by Crippen LogP contribution is -2.12. The van der Waals surface area contributed by atoms with Crippen molar-refractivity contribution in [2.75, 3.05) is 6.79 Å². The molecule has 1 aliphatic rings. The quantitative estimate of drug-likeness (QED) is 0.878. The Hall–Kier alpha value is -1.24. The number of ether oxygens (including phenoxy) is 2. The van der Waals surface area contributed by atoms with Crippen LogP contribution in [0.2, 0.25) is 5.02 Å². The van der Waals surface area contributed by atoms with Gasteiger partial charge in [-0.3, -0.25) is 0 Å². The SMILES string of the molecule is Clc1cc2c(c(CSc3cn[nH]n3)c1)OCOC2. The number of halogens is 1. The zero-order chi connectivity index (χ0) is 12.4. The monoisotopic (exact) mass is 283 g/mol. The average Bonchev–Trinajstić information content (AvgIpc) is 2.89. The highest BCUT2D eigenvalue weighted by Crippen LogP contribution is 2.34. The Morgan fingerprint density at radius 3 is 3.22 bits per heavy atom. The number of thioether (sulfide) groups is 1.